The summed E-state index contributed by atoms with van der Waals surface area (Å²) >= 11 is 0. The molecule has 0 radical (unpaired) electrons. The number of esters is 1. The van der Waals surface area contributed by atoms with E-state index in [9.17, 15) is 33.6 Å². The molecule has 0 aliphatic carbocycles. The van der Waals surface area contributed by atoms with Crippen LogP contribution in [0.1, 0.15) is 100 Å². The molecule has 0 saturated carbocycles. The number of benzene rings is 4. The topological polar surface area (TPSA) is 265 Å². The smallest absolute Gasteiger partial charge is 0.313 e. The van der Waals surface area contributed by atoms with Gasteiger partial charge in [-0.15, -0.1) is 0 Å². The number of carbonyl (C=O) groups is 7. The fourth-order valence-electron chi connectivity index (χ4n) is 9.09. The Balaban J connectivity index is 0.00000225. The van der Waals surface area contributed by atoms with Gasteiger partial charge in [-0.1, -0.05) is 126 Å². The number of hydrogen-bond donors (Lipinski definition) is 4. The van der Waals surface area contributed by atoms with Crippen LogP contribution in [0.3, 0.4) is 0 Å². The second-order valence-corrected chi connectivity index (χ2v) is 23.5. The summed E-state index contributed by atoms with van der Waals surface area (Å²) in [6.45, 7) is 15.5. The first-order valence-electron chi connectivity index (χ1n) is 27.2. The highest BCUT2D eigenvalue weighted by atomic mass is 32.2. The Kier molecular flexibility index (Phi) is 24.1. The summed E-state index contributed by atoms with van der Waals surface area (Å²) < 4.78 is 50.8. The van der Waals surface area contributed by atoms with Gasteiger partial charge in [0.15, 0.2) is 23.8 Å². The van der Waals surface area contributed by atoms with Crippen LogP contribution in [-0.2, 0) is 74.4 Å². The number of aryl methyl sites for hydroxylation is 1. The van der Waals surface area contributed by atoms with E-state index in [1.807, 2.05) is 100 Å². The zero-order valence-electron chi connectivity index (χ0n) is 47.2. The lowest BCUT2D eigenvalue weighted by molar-refractivity contribution is -0.940. The number of ketones is 1. The summed E-state index contributed by atoms with van der Waals surface area (Å²) in [4.78, 5) is 95.5. The van der Waals surface area contributed by atoms with Crippen molar-refractivity contribution in [3.63, 3.8) is 0 Å². The van der Waals surface area contributed by atoms with Crippen LogP contribution in [0.15, 0.2) is 103 Å². The van der Waals surface area contributed by atoms with Gasteiger partial charge in [0.05, 0.1) is 41.9 Å². The molecule has 20 heteroatoms. The van der Waals surface area contributed by atoms with E-state index in [0.29, 0.717) is 63.3 Å². The molecule has 2 aliphatic rings. The fourth-order valence-corrected chi connectivity index (χ4v) is 9.09. The van der Waals surface area contributed by atoms with Crippen molar-refractivity contribution in [3.8, 4) is 11.5 Å². The largest absolute Gasteiger partial charge is 0.748 e. The Morgan fingerprint density at radius 1 is 0.688 bits per heavy atom. The molecule has 2 heterocycles. The van der Waals surface area contributed by atoms with Crippen molar-refractivity contribution in [2.24, 2.45) is 17.8 Å². The van der Waals surface area contributed by atoms with Crippen molar-refractivity contribution < 1.29 is 70.0 Å². The van der Waals surface area contributed by atoms with Crippen LogP contribution in [0.25, 0.3) is 0 Å². The minimum Gasteiger partial charge on any atom is -0.748 e. The maximum absolute atomic E-state index is 14.7. The number of hydrogen-bond acceptors (Lipinski definition) is 14. The Morgan fingerprint density at radius 2 is 1.21 bits per heavy atom. The van der Waals surface area contributed by atoms with Gasteiger partial charge in [0, 0.05) is 23.8 Å². The molecule has 80 heavy (non-hydrogen) atoms. The Bertz CT molecular complexity index is 2810. The third kappa shape index (κ3) is 21.7. The molecule has 2 saturated heterocycles. The molecule has 2 fully saturated rings. The number of epoxide rings is 1. The number of ether oxygens (including phenoxy) is 4. The summed E-state index contributed by atoms with van der Waals surface area (Å²) in [6, 6.07) is 27.1. The first-order chi connectivity index (χ1) is 37.8. The van der Waals surface area contributed by atoms with Gasteiger partial charge in [-0.3, -0.25) is 33.6 Å². The van der Waals surface area contributed by atoms with Crippen molar-refractivity contribution in [1.82, 2.24) is 21.3 Å². The van der Waals surface area contributed by atoms with Gasteiger partial charge in [-0.25, -0.2) is 8.42 Å². The van der Waals surface area contributed by atoms with Crippen LogP contribution >= 0.6 is 0 Å². The molecular formula is C60H79N5O14S. The Morgan fingerprint density at radius 3 is 1.77 bits per heavy atom. The third-order valence-corrected chi connectivity index (χ3v) is 13.5. The molecule has 2 aliphatic heterocycles. The van der Waals surface area contributed by atoms with E-state index in [2.05, 4.69) is 21.3 Å². The summed E-state index contributed by atoms with van der Waals surface area (Å²) in [6.07, 6.45) is 2.78. The molecule has 4 aromatic rings. The van der Waals surface area contributed by atoms with Crippen molar-refractivity contribution >= 4 is 51.8 Å². The monoisotopic (exact) mass is 1130 g/mol. The maximum Gasteiger partial charge on any atom is 0.313 e. The lowest BCUT2D eigenvalue weighted by atomic mass is 9.93. The number of Topliss-reactive ketones (excluding diaryl/α,β-unsaturated/α-hetero) is 1. The van der Waals surface area contributed by atoms with Crippen LogP contribution in [0.4, 0.5) is 0 Å². The molecule has 4 amide bonds. The second-order valence-electron chi connectivity index (χ2n) is 22.1. The molecule has 4 unspecified atom stereocenters. The molecular weight excluding hydrogens is 1050 g/mol. The normalized spacial score (nSPS) is 17.1. The molecule has 19 nitrogen and oxygen atoms in total. The van der Waals surface area contributed by atoms with Crippen LogP contribution in [-0.4, -0.2) is 135 Å². The standard InChI is InChI=1S/C59H75N5O11.CH4O3S/c1-39(2)30-48(54(67)59(7)38-74-59)61-57(70)50(32-43-16-12-9-13-17-43)63-56(69)49(31-40(3)4)62-55(68)47(24-22-42-14-10-8-11-15-42)60-53(66)35-64(26-28-72-29-27-64)34-46-23-25-51(75-58(71)41(5)6)52(33-46)73-37-45-20-18-44(36-65)19-21-45;1-5(2,3)4/h8-21,23,25,33,36,39-41,47-50H,22,24,26-32,34-35,37-38H2,1-7H3,(H3-,60,61,62,63,66,68,69,70);1H3,(H,2,3,4)/t47?,48?,49?,50?,59-;/m1./s1. The lowest BCUT2D eigenvalue weighted by Crippen LogP contribution is -2.61. The number of nitrogens with one attached hydrogen (secondary N) is 4. The number of amides is 4. The molecule has 434 valence electrons. The summed E-state index contributed by atoms with van der Waals surface area (Å²) in [5.41, 5.74) is 2.92. The van der Waals surface area contributed by atoms with Crippen LogP contribution in [0, 0.1) is 17.8 Å². The summed E-state index contributed by atoms with van der Waals surface area (Å²) in [5, 5.41) is 11.9. The number of aldehydes is 1. The van der Waals surface area contributed by atoms with Crippen molar-refractivity contribution in [3.05, 3.63) is 131 Å². The van der Waals surface area contributed by atoms with Crippen LogP contribution in [0.2, 0.25) is 0 Å². The SMILES string of the molecule is CC(C)CC(NC(=O)C(CCc1ccccc1)NC(=O)C[N+]1(Cc2ccc(OC(=O)C(C)C)c(OCc3ccc(C=O)cc3)c2)CCOCC1)C(=O)NC(Cc1ccccc1)C(=O)NC(CC(C)C)C(=O)[C@@]1(C)CO1.CS(=O)(=O)[O-]. The zero-order valence-corrected chi connectivity index (χ0v) is 48.0. The average Bonchev–Trinajstić information content (AvgIpc) is 4.17. The van der Waals surface area contributed by atoms with E-state index in [0.717, 1.165) is 28.5 Å². The Hall–Kier alpha value is -6.84. The number of quaternary nitrogens is 1. The van der Waals surface area contributed by atoms with Gasteiger partial charge in [0.1, 0.15) is 56.3 Å². The van der Waals surface area contributed by atoms with Crippen LogP contribution < -0.4 is 30.7 Å². The number of rotatable bonds is 28. The van der Waals surface area contributed by atoms with E-state index < -0.39 is 63.6 Å². The molecule has 0 bridgehead atoms. The number of nitrogens with zero attached hydrogens (tertiary/aromatic N) is 1. The molecule has 0 aromatic heterocycles. The van der Waals surface area contributed by atoms with Gasteiger partial charge in [0.2, 0.25) is 17.7 Å². The van der Waals surface area contributed by atoms with E-state index >= 15 is 0 Å². The second kappa shape index (κ2) is 30.1. The van der Waals surface area contributed by atoms with Gasteiger partial charge in [0.25, 0.3) is 5.91 Å². The highest BCUT2D eigenvalue weighted by molar-refractivity contribution is 7.84. The summed E-state index contributed by atoms with van der Waals surface area (Å²) in [7, 11) is -3.92. The highest BCUT2D eigenvalue weighted by Gasteiger charge is 2.50. The minimum atomic E-state index is -3.92. The first-order valence-corrected chi connectivity index (χ1v) is 29.0. The molecule has 6 rings (SSSR count). The van der Waals surface area contributed by atoms with Gasteiger partial charge < -0.3 is 49.3 Å². The molecule has 4 N–H and O–H groups in total. The van der Waals surface area contributed by atoms with Crippen molar-refractivity contribution in [1.29, 1.82) is 0 Å². The third-order valence-electron chi connectivity index (χ3n) is 13.5. The highest BCUT2D eigenvalue weighted by Crippen LogP contribution is 2.33. The number of morpholine rings is 1. The Labute approximate surface area is 470 Å². The van der Waals surface area contributed by atoms with Crippen molar-refractivity contribution in [2.45, 2.75) is 123 Å². The summed E-state index contributed by atoms with van der Waals surface area (Å²) in [5.74, 6) is -2.46. The van der Waals surface area contributed by atoms with E-state index in [4.69, 9.17) is 31.9 Å². The van der Waals surface area contributed by atoms with Gasteiger partial charge in [-0.05, 0) is 79.3 Å². The minimum absolute atomic E-state index is 0.000393. The van der Waals surface area contributed by atoms with E-state index in [1.165, 1.54) is 0 Å². The maximum atomic E-state index is 14.7. The van der Waals surface area contributed by atoms with Gasteiger partial charge in [-0.2, -0.15) is 0 Å². The molecule has 4 aromatic carbocycles. The first kappa shape index (κ1) is 64.0. The van der Waals surface area contributed by atoms with Crippen LogP contribution in [0.5, 0.6) is 11.5 Å². The quantitative estimate of drug-likeness (QED) is 0.0138. The van der Waals surface area contributed by atoms with E-state index in [1.54, 1.807) is 51.1 Å². The van der Waals surface area contributed by atoms with Gasteiger partial charge >= 0.3 is 5.97 Å². The molecule has 0 spiro atoms. The predicted molar refractivity (Wildman–Crippen MR) is 299 cm³/mol. The van der Waals surface area contributed by atoms with Crippen molar-refractivity contribution in [2.75, 3.05) is 45.7 Å². The number of carbonyl (C=O) groups excluding carboxylic acids is 7. The average molecular weight is 1130 g/mol. The molecule has 5 atom stereocenters. The zero-order chi connectivity index (χ0) is 58.6. The predicted octanol–water partition coefficient (Wildman–Crippen LogP) is 5.41. The lowest BCUT2D eigenvalue weighted by Gasteiger charge is -2.41. The fraction of sp³-hybridized carbons (Fsp3) is 0.483. The van der Waals surface area contributed by atoms with E-state index in [-0.39, 0.29) is 78.7 Å².